The Bertz CT molecular complexity index is 676. The molecule has 0 aliphatic rings. The fourth-order valence-electron chi connectivity index (χ4n) is 1.97. The molecule has 108 valence electrons. The van der Waals surface area contributed by atoms with Crippen LogP contribution in [0.2, 0.25) is 0 Å². The van der Waals surface area contributed by atoms with Crippen molar-refractivity contribution in [1.29, 1.82) is 0 Å². The van der Waals surface area contributed by atoms with E-state index in [1.165, 1.54) is 24.3 Å². The molecule has 0 fully saturated rings. The first-order valence-corrected chi connectivity index (χ1v) is 5.80. The van der Waals surface area contributed by atoms with Gasteiger partial charge in [0.1, 0.15) is 11.3 Å². The van der Waals surface area contributed by atoms with Crippen LogP contribution in [0.5, 0.6) is 5.75 Å². The van der Waals surface area contributed by atoms with Gasteiger partial charge in [-0.25, -0.2) is 0 Å². The van der Waals surface area contributed by atoms with Gasteiger partial charge in [0, 0.05) is 12.1 Å². The van der Waals surface area contributed by atoms with E-state index < -0.39 is 27.8 Å². The van der Waals surface area contributed by atoms with Gasteiger partial charge in [0.25, 0.3) is 11.4 Å². The summed E-state index contributed by atoms with van der Waals surface area (Å²) in [5.74, 6) is -0.0592. The van der Waals surface area contributed by atoms with Gasteiger partial charge in [0.2, 0.25) is 0 Å². The van der Waals surface area contributed by atoms with E-state index in [9.17, 15) is 25.3 Å². The maximum Gasteiger partial charge on any atom is 0.284 e. The Kier molecular flexibility index (Phi) is 3.81. The molecule has 0 saturated heterocycles. The molecule has 0 amide bonds. The molecule has 21 heavy (non-hydrogen) atoms. The molecule has 0 bridgehead atoms. The second kappa shape index (κ2) is 5.55. The number of phenolic OH excluding ortho intramolecular Hbond substituents is 1. The zero-order chi connectivity index (χ0) is 15.6. The van der Waals surface area contributed by atoms with E-state index in [0.717, 1.165) is 12.1 Å². The van der Waals surface area contributed by atoms with Gasteiger partial charge >= 0.3 is 0 Å². The SMILES string of the molecule is O=[N+]([O-])c1cc(CO)cc([N+](=O)[O-])c1-c1ccc(O)cc1. The van der Waals surface area contributed by atoms with E-state index in [0.29, 0.717) is 0 Å². The van der Waals surface area contributed by atoms with E-state index >= 15 is 0 Å². The number of aliphatic hydroxyl groups is 1. The summed E-state index contributed by atoms with van der Waals surface area (Å²) < 4.78 is 0. The molecule has 0 aromatic heterocycles. The van der Waals surface area contributed by atoms with Crippen LogP contribution >= 0.6 is 0 Å². The largest absolute Gasteiger partial charge is 0.508 e. The molecule has 8 nitrogen and oxygen atoms in total. The molecule has 0 radical (unpaired) electrons. The molecule has 2 rings (SSSR count). The summed E-state index contributed by atoms with van der Waals surface area (Å²) >= 11 is 0. The highest BCUT2D eigenvalue weighted by Crippen LogP contribution is 2.39. The van der Waals surface area contributed by atoms with E-state index in [1.54, 1.807) is 0 Å². The topological polar surface area (TPSA) is 127 Å². The van der Waals surface area contributed by atoms with Crippen LogP contribution < -0.4 is 0 Å². The maximum absolute atomic E-state index is 11.2. The van der Waals surface area contributed by atoms with Crippen molar-refractivity contribution in [2.45, 2.75) is 6.61 Å². The molecule has 0 saturated carbocycles. The number of nitrogens with zero attached hydrogens (tertiary/aromatic N) is 2. The van der Waals surface area contributed by atoms with Crippen LogP contribution in [0.3, 0.4) is 0 Å². The van der Waals surface area contributed by atoms with Crippen molar-refractivity contribution < 1.29 is 20.1 Å². The number of phenols is 1. The van der Waals surface area contributed by atoms with Crippen molar-refractivity contribution in [3.8, 4) is 16.9 Å². The van der Waals surface area contributed by atoms with Crippen molar-refractivity contribution >= 4 is 11.4 Å². The highest BCUT2D eigenvalue weighted by Gasteiger charge is 2.27. The van der Waals surface area contributed by atoms with E-state index in [-0.39, 0.29) is 22.4 Å². The zero-order valence-electron chi connectivity index (χ0n) is 10.6. The zero-order valence-corrected chi connectivity index (χ0v) is 10.6. The Labute approximate surface area is 118 Å². The molecule has 2 N–H and O–H groups in total. The number of aromatic hydroxyl groups is 1. The van der Waals surface area contributed by atoms with Gasteiger partial charge in [-0.2, -0.15) is 0 Å². The molecule has 0 spiro atoms. The Morgan fingerprint density at radius 1 is 0.952 bits per heavy atom. The Hall–Kier alpha value is -3.00. The molecular formula is C13H10N2O6. The smallest absolute Gasteiger partial charge is 0.284 e. The Balaban J connectivity index is 2.80. The normalized spacial score (nSPS) is 10.3. The van der Waals surface area contributed by atoms with Crippen molar-refractivity contribution in [2.24, 2.45) is 0 Å². The lowest BCUT2D eigenvalue weighted by atomic mass is 9.99. The van der Waals surface area contributed by atoms with Crippen LogP contribution in [0.1, 0.15) is 5.56 Å². The number of aliphatic hydroxyl groups excluding tert-OH is 1. The van der Waals surface area contributed by atoms with Crippen LogP contribution in [0.15, 0.2) is 36.4 Å². The third-order valence-corrected chi connectivity index (χ3v) is 2.89. The number of hydrogen-bond donors (Lipinski definition) is 2. The van der Waals surface area contributed by atoms with Crippen LogP contribution in [-0.4, -0.2) is 20.1 Å². The minimum absolute atomic E-state index is 0.0592. The predicted molar refractivity (Wildman–Crippen MR) is 72.8 cm³/mol. The van der Waals surface area contributed by atoms with Crippen molar-refractivity contribution in [3.05, 3.63) is 62.2 Å². The number of hydrogen-bond acceptors (Lipinski definition) is 6. The third kappa shape index (κ3) is 2.79. The summed E-state index contributed by atoms with van der Waals surface area (Å²) in [6.07, 6.45) is 0. The van der Waals surface area contributed by atoms with Gasteiger partial charge in [-0.15, -0.1) is 0 Å². The summed E-state index contributed by atoms with van der Waals surface area (Å²) in [5, 5.41) is 40.6. The summed E-state index contributed by atoms with van der Waals surface area (Å²) in [7, 11) is 0. The van der Waals surface area contributed by atoms with Crippen LogP contribution in [0.25, 0.3) is 11.1 Å². The lowest BCUT2D eigenvalue weighted by Crippen LogP contribution is -2.00. The fraction of sp³-hybridized carbons (Fsp3) is 0.0769. The van der Waals surface area contributed by atoms with Crippen LogP contribution in [0, 0.1) is 20.2 Å². The van der Waals surface area contributed by atoms with Gasteiger partial charge in [0.15, 0.2) is 0 Å². The number of nitro groups is 2. The Morgan fingerprint density at radius 3 is 1.81 bits per heavy atom. The van der Waals surface area contributed by atoms with Crippen molar-refractivity contribution in [1.82, 2.24) is 0 Å². The summed E-state index contributed by atoms with van der Waals surface area (Å²) in [6, 6.07) is 7.45. The second-order valence-electron chi connectivity index (χ2n) is 4.23. The highest BCUT2D eigenvalue weighted by molar-refractivity contribution is 5.83. The maximum atomic E-state index is 11.2. The monoisotopic (exact) mass is 290 g/mol. The van der Waals surface area contributed by atoms with Gasteiger partial charge in [-0.3, -0.25) is 20.2 Å². The molecule has 0 unspecified atom stereocenters. The second-order valence-corrected chi connectivity index (χ2v) is 4.23. The van der Waals surface area contributed by atoms with Gasteiger partial charge in [0.05, 0.1) is 16.5 Å². The Morgan fingerprint density at radius 2 is 1.43 bits per heavy atom. The average molecular weight is 290 g/mol. The third-order valence-electron chi connectivity index (χ3n) is 2.89. The first-order valence-electron chi connectivity index (χ1n) is 5.80. The van der Waals surface area contributed by atoms with Crippen molar-refractivity contribution in [3.63, 3.8) is 0 Å². The molecule has 0 atom stereocenters. The first-order chi connectivity index (χ1) is 9.93. The molecule has 0 aliphatic heterocycles. The van der Waals surface area contributed by atoms with Gasteiger partial charge < -0.3 is 10.2 Å². The lowest BCUT2D eigenvalue weighted by Gasteiger charge is -2.07. The lowest BCUT2D eigenvalue weighted by molar-refractivity contribution is -0.392. The molecular weight excluding hydrogens is 280 g/mol. The summed E-state index contributed by atoms with van der Waals surface area (Å²) in [5.41, 5.74) is -0.799. The van der Waals surface area contributed by atoms with E-state index in [2.05, 4.69) is 0 Å². The summed E-state index contributed by atoms with van der Waals surface area (Å²) in [4.78, 5) is 20.8. The van der Waals surface area contributed by atoms with E-state index in [1.807, 2.05) is 0 Å². The number of nitro benzene ring substituents is 2. The minimum atomic E-state index is -0.742. The van der Waals surface area contributed by atoms with Crippen molar-refractivity contribution in [2.75, 3.05) is 0 Å². The molecule has 2 aromatic rings. The quantitative estimate of drug-likeness (QED) is 0.657. The highest BCUT2D eigenvalue weighted by atomic mass is 16.6. The van der Waals surface area contributed by atoms with Crippen LogP contribution in [0.4, 0.5) is 11.4 Å². The standard InChI is InChI=1S/C13H10N2O6/c16-7-8-5-11(14(18)19)13(12(6-8)15(20)21)9-1-3-10(17)4-2-9/h1-6,16-17H,7H2. The van der Waals surface area contributed by atoms with Crippen LogP contribution in [-0.2, 0) is 6.61 Å². The van der Waals surface area contributed by atoms with E-state index in [4.69, 9.17) is 5.11 Å². The van der Waals surface area contributed by atoms with Gasteiger partial charge in [-0.05, 0) is 23.3 Å². The minimum Gasteiger partial charge on any atom is -0.508 e. The molecule has 0 aliphatic carbocycles. The number of rotatable bonds is 4. The fourth-order valence-corrected chi connectivity index (χ4v) is 1.97. The molecule has 8 heteroatoms. The molecule has 2 aromatic carbocycles. The number of benzene rings is 2. The molecule has 0 heterocycles. The summed E-state index contributed by atoms with van der Waals surface area (Å²) in [6.45, 7) is -0.544. The average Bonchev–Trinajstić information content (AvgIpc) is 2.46. The van der Waals surface area contributed by atoms with Gasteiger partial charge in [-0.1, -0.05) is 12.1 Å². The first kappa shape index (κ1) is 14.4. The predicted octanol–water partition coefficient (Wildman–Crippen LogP) is 2.37.